The Bertz CT molecular complexity index is 1290. The van der Waals surface area contributed by atoms with Crippen LogP contribution in [0.1, 0.15) is 0 Å². The number of anilines is 1. The van der Waals surface area contributed by atoms with Crippen LogP contribution < -0.4 is 10.3 Å². The van der Waals surface area contributed by atoms with Crippen LogP contribution in [-0.4, -0.2) is 28.2 Å². The molecule has 0 radical (unpaired) electrons. The minimum absolute atomic E-state index is 0.0234. The third-order valence-electron chi connectivity index (χ3n) is 4.12. The number of para-hydroxylation sites is 1. The van der Waals surface area contributed by atoms with Gasteiger partial charge >= 0.3 is 0 Å². The summed E-state index contributed by atoms with van der Waals surface area (Å²) in [7, 11) is -2.08. The molecule has 4 aromatic rings. The van der Waals surface area contributed by atoms with Gasteiger partial charge in [0.2, 0.25) is 5.56 Å². The van der Waals surface area contributed by atoms with Crippen molar-refractivity contribution >= 4 is 26.6 Å². The molecule has 9 heteroatoms. The number of benzene rings is 1. The van der Waals surface area contributed by atoms with Crippen molar-refractivity contribution in [1.82, 2.24) is 19.7 Å². The predicted molar refractivity (Wildman–Crippen MR) is 102 cm³/mol. The lowest BCUT2D eigenvalue weighted by Crippen LogP contribution is -2.14. The molecule has 0 aliphatic heterocycles. The predicted octanol–water partition coefficient (Wildman–Crippen LogP) is 2.12. The van der Waals surface area contributed by atoms with Crippen molar-refractivity contribution in [2.75, 3.05) is 4.72 Å². The van der Waals surface area contributed by atoms with Crippen LogP contribution in [0.4, 0.5) is 5.69 Å². The number of fused-ring (bicyclic) bond motifs is 1. The van der Waals surface area contributed by atoms with Crippen molar-refractivity contribution in [2.24, 2.45) is 7.05 Å². The molecule has 0 aliphatic carbocycles. The second-order valence-corrected chi connectivity index (χ2v) is 7.62. The van der Waals surface area contributed by atoms with Gasteiger partial charge in [-0.1, -0.05) is 12.1 Å². The van der Waals surface area contributed by atoms with E-state index in [4.69, 9.17) is 0 Å². The van der Waals surface area contributed by atoms with Crippen molar-refractivity contribution in [3.63, 3.8) is 0 Å². The summed E-state index contributed by atoms with van der Waals surface area (Å²) in [6.45, 7) is 0. The lowest BCUT2D eigenvalue weighted by Gasteiger charge is -2.10. The summed E-state index contributed by atoms with van der Waals surface area (Å²) in [6.07, 6.45) is 4.45. The molecule has 0 amide bonds. The number of hydrogen-bond acceptors (Lipinski definition) is 5. The van der Waals surface area contributed by atoms with Crippen LogP contribution in [0.15, 0.2) is 70.7 Å². The van der Waals surface area contributed by atoms with Crippen molar-refractivity contribution in [1.29, 1.82) is 0 Å². The van der Waals surface area contributed by atoms with Gasteiger partial charge in [-0.2, -0.15) is 5.10 Å². The molecule has 27 heavy (non-hydrogen) atoms. The van der Waals surface area contributed by atoms with Crippen LogP contribution in [0.25, 0.3) is 22.2 Å². The van der Waals surface area contributed by atoms with Crippen molar-refractivity contribution in [2.45, 2.75) is 4.90 Å². The molecular weight excluding hydrogens is 366 g/mol. The molecule has 0 saturated heterocycles. The van der Waals surface area contributed by atoms with Gasteiger partial charge in [-0.25, -0.2) is 8.42 Å². The van der Waals surface area contributed by atoms with E-state index in [0.29, 0.717) is 22.5 Å². The minimum atomic E-state index is -3.83. The Morgan fingerprint density at radius 3 is 2.70 bits per heavy atom. The average Bonchev–Trinajstić information content (AvgIpc) is 3.04. The standard InChI is InChI=1S/C18H15N5O3S/c1-23-18-13(10-21-23)3-2-4-16(18)22-27(25,26)14-5-6-15(20-11-14)12-7-8-19-17(24)9-12/h2-11,22H,1H3,(H,19,24). The number of aryl methyl sites for hydroxylation is 1. The first-order valence-corrected chi connectivity index (χ1v) is 9.51. The van der Waals surface area contributed by atoms with Gasteiger partial charge in [-0.05, 0) is 24.3 Å². The number of rotatable bonds is 4. The van der Waals surface area contributed by atoms with E-state index in [1.54, 1.807) is 42.2 Å². The highest BCUT2D eigenvalue weighted by molar-refractivity contribution is 7.92. The highest BCUT2D eigenvalue weighted by Gasteiger charge is 2.17. The van der Waals surface area contributed by atoms with Gasteiger partial charge in [0.05, 0.1) is 23.1 Å². The van der Waals surface area contributed by atoms with Crippen molar-refractivity contribution in [3.8, 4) is 11.3 Å². The number of aromatic nitrogens is 4. The zero-order valence-corrected chi connectivity index (χ0v) is 15.1. The largest absolute Gasteiger partial charge is 0.329 e. The molecule has 2 N–H and O–H groups in total. The maximum atomic E-state index is 12.7. The summed E-state index contributed by atoms with van der Waals surface area (Å²) < 4.78 is 29.7. The SMILES string of the molecule is Cn1ncc2cccc(NS(=O)(=O)c3ccc(-c4cc[nH]c(=O)c4)nc3)c21. The molecule has 3 heterocycles. The van der Waals surface area contributed by atoms with Gasteiger partial charge in [0, 0.05) is 36.5 Å². The molecule has 3 aromatic heterocycles. The zero-order chi connectivity index (χ0) is 19.0. The highest BCUT2D eigenvalue weighted by atomic mass is 32.2. The lowest BCUT2D eigenvalue weighted by atomic mass is 10.2. The normalized spacial score (nSPS) is 11.6. The molecule has 0 aliphatic rings. The summed E-state index contributed by atoms with van der Waals surface area (Å²) in [5.41, 5.74) is 1.99. The van der Waals surface area contributed by atoms with Crippen molar-refractivity contribution < 1.29 is 8.42 Å². The Kier molecular flexibility index (Phi) is 4.00. The maximum absolute atomic E-state index is 12.7. The second-order valence-electron chi connectivity index (χ2n) is 5.94. The van der Waals surface area contributed by atoms with Crippen LogP contribution in [0.3, 0.4) is 0 Å². The Balaban J connectivity index is 1.68. The summed E-state index contributed by atoms with van der Waals surface area (Å²) >= 11 is 0. The van der Waals surface area contributed by atoms with Gasteiger partial charge in [-0.3, -0.25) is 19.2 Å². The van der Waals surface area contributed by atoms with Gasteiger partial charge in [0.1, 0.15) is 4.90 Å². The highest BCUT2D eigenvalue weighted by Crippen LogP contribution is 2.25. The maximum Gasteiger partial charge on any atom is 0.263 e. The fourth-order valence-electron chi connectivity index (χ4n) is 2.83. The van der Waals surface area contributed by atoms with Gasteiger partial charge in [0.25, 0.3) is 10.0 Å². The quantitative estimate of drug-likeness (QED) is 0.563. The molecule has 0 fully saturated rings. The number of nitrogens with one attached hydrogen (secondary N) is 2. The van der Waals surface area contributed by atoms with Crippen LogP contribution in [-0.2, 0) is 17.1 Å². The van der Waals surface area contributed by atoms with Gasteiger partial charge in [0.15, 0.2) is 0 Å². The molecule has 0 atom stereocenters. The summed E-state index contributed by atoms with van der Waals surface area (Å²) in [6, 6.07) is 11.4. The van der Waals surface area contributed by atoms with E-state index in [9.17, 15) is 13.2 Å². The van der Waals surface area contributed by atoms with Crippen LogP contribution in [0.5, 0.6) is 0 Å². The fraction of sp³-hybridized carbons (Fsp3) is 0.0556. The topological polar surface area (TPSA) is 110 Å². The second kappa shape index (κ2) is 6.36. The van der Waals surface area contributed by atoms with Gasteiger partial charge < -0.3 is 4.98 Å². The molecule has 0 spiro atoms. The Morgan fingerprint density at radius 1 is 1.11 bits per heavy atom. The summed E-state index contributed by atoms with van der Waals surface area (Å²) in [5.74, 6) is 0. The minimum Gasteiger partial charge on any atom is -0.329 e. The third kappa shape index (κ3) is 3.20. The number of sulfonamides is 1. The van der Waals surface area contributed by atoms with E-state index >= 15 is 0 Å². The van der Waals surface area contributed by atoms with Crippen molar-refractivity contribution in [3.05, 3.63) is 71.4 Å². The Morgan fingerprint density at radius 2 is 1.96 bits per heavy atom. The van der Waals surface area contributed by atoms with Crippen LogP contribution in [0.2, 0.25) is 0 Å². The number of H-pyrrole nitrogens is 1. The van der Waals surface area contributed by atoms with Gasteiger partial charge in [-0.15, -0.1) is 0 Å². The first-order chi connectivity index (χ1) is 12.9. The Hall–Kier alpha value is -3.46. The number of aromatic amines is 1. The molecule has 1 aromatic carbocycles. The first-order valence-electron chi connectivity index (χ1n) is 8.03. The van der Waals surface area contributed by atoms with Crippen LogP contribution >= 0.6 is 0 Å². The molecule has 0 bridgehead atoms. The van der Waals surface area contributed by atoms with E-state index in [-0.39, 0.29) is 10.5 Å². The summed E-state index contributed by atoms with van der Waals surface area (Å²) in [4.78, 5) is 18.1. The fourth-order valence-corrected chi connectivity index (χ4v) is 3.84. The van der Waals surface area contributed by atoms with E-state index in [2.05, 4.69) is 19.8 Å². The zero-order valence-electron chi connectivity index (χ0n) is 14.2. The monoisotopic (exact) mass is 381 g/mol. The molecule has 136 valence electrons. The molecule has 0 saturated carbocycles. The van der Waals surface area contributed by atoms with Crippen LogP contribution in [0, 0.1) is 0 Å². The number of nitrogens with zero attached hydrogens (tertiary/aromatic N) is 3. The lowest BCUT2D eigenvalue weighted by molar-refractivity contribution is 0.601. The molecule has 8 nitrogen and oxygen atoms in total. The smallest absolute Gasteiger partial charge is 0.263 e. The summed E-state index contributed by atoms with van der Waals surface area (Å²) in [5, 5.41) is 4.99. The third-order valence-corrected chi connectivity index (χ3v) is 5.47. The molecule has 0 unspecified atom stereocenters. The molecule has 4 rings (SSSR count). The van der Waals surface area contributed by atoms with E-state index < -0.39 is 10.0 Å². The van der Waals surface area contributed by atoms with E-state index in [0.717, 1.165) is 5.39 Å². The molecular formula is C18H15N5O3S. The van der Waals surface area contributed by atoms with E-state index in [1.165, 1.54) is 24.5 Å². The first kappa shape index (κ1) is 17.0. The Labute approximate surface area is 154 Å². The number of pyridine rings is 2. The number of hydrogen-bond donors (Lipinski definition) is 2. The van der Waals surface area contributed by atoms with E-state index in [1.807, 2.05) is 6.07 Å². The average molecular weight is 381 g/mol.